The molecule has 0 bridgehead atoms. The first-order valence-electron chi connectivity index (χ1n) is 9.12. The minimum absolute atomic E-state index is 0.116. The lowest BCUT2D eigenvalue weighted by Gasteiger charge is -2.32. The number of pyridine rings is 1. The quantitative estimate of drug-likeness (QED) is 0.706. The minimum Gasteiger partial charge on any atom is -0.336 e. The zero-order valence-electron chi connectivity index (χ0n) is 15.2. The molecule has 0 N–H and O–H groups in total. The highest BCUT2D eigenvalue weighted by Crippen LogP contribution is 2.31. The number of hydrogen-bond donors (Lipinski definition) is 0. The molecule has 3 heterocycles. The third kappa shape index (κ3) is 3.24. The van der Waals surface area contributed by atoms with Crippen LogP contribution in [-0.2, 0) is 6.42 Å². The van der Waals surface area contributed by atoms with E-state index in [1.165, 1.54) is 4.88 Å². The van der Waals surface area contributed by atoms with Crippen molar-refractivity contribution in [2.45, 2.75) is 13.3 Å². The molecule has 2 aromatic heterocycles. The normalized spacial score (nSPS) is 15.5. The maximum Gasteiger partial charge on any atom is 0.254 e. The number of aryl methyl sites for hydroxylation is 1. The molecule has 0 saturated carbocycles. The first-order valence-corrected chi connectivity index (χ1v) is 9.94. The Morgan fingerprint density at radius 1 is 1.12 bits per heavy atom. The average Bonchev–Trinajstić information content (AvgIpc) is 3.16. The summed E-state index contributed by atoms with van der Waals surface area (Å²) in [5.74, 6) is 0.116. The van der Waals surface area contributed by atoms with Crippen molar-refractivity contribution in [3.8, 4) is 10.6 Å². The second kappa shape index (κ2) is 7.17. The Labute approximate surface area is 158 Å². The maximum absolute atomic E-state index is 13.2. The second-order valence-electron chi connectivity index (χ2n) is 6.79. The third-order valence-corrected chi connectivity index (χ3v) is 6.25. The van der Waals surface area contributed by atoms with Crippen LogP contribution in [0.1, 0.15) is 22.2 Å². The number of piperazine rings is 1. The maximum atomic E-state index is 13.2. The topological polar surface area (TPSA) is 36.4 Å². The van der Waals surface area contributed by atoms with E-state index < -0.39 is 0 Å². The molecule has 0 spiro atoms. The van der Waals surface area contributed by atoms with Crippen molar-refractivity contribution in [2.24, 2.45) is 0 Å². The van der Waals surface area contributed by atoms with E-state index in [9.17, 15) is 4.79 Å². The summed E-state index contributed by atoms with van der Waals surface area (Å²) in [7, 11) is 2.10. The number of hydrogen-bond acceptors (Lipinski definition) is 4. The number of carbonyl (C=O) groups excluding carboxylic acids is 1. The predicted octanol–water partition coefficient (Wildman–Crippen LogP) is 3.91. The van der Waals surface area contributed by atoms with Crippen molar-refractivity contribution in [2.75, 3.05) is 33.2 Å². The summed E-state index contributed by atoms with van der Waals surface area (Å²) < 4.78 is 0. The highest BCUT2D eigenvalue weighted by Gasteiger charge is 2.23. The van der Waals surface area contributed by atoms with Gasteiger partial charge in [-0.25, -0.2) is 4.98 Å². The Morgan fingerprint density at radius 3 is 2.62 bits per heavy atom. The van der Waals surface area contributed by atoms with E-state index in [2.05, 4.69) is 31.0 Å². The molecule has 134 valence electrons. The largest absolute Gasteiger partial charge is 0.336 e. The van der Waals surface area contributed by atoms with E-state index in [0.29, 0.717) is 0 Å². The predicted molar refractivity (Wildman–Crippen MR) is 108 cm³/mol. The molecule has 0 atom stereocenters. The molecule has 4 rings (SSSR count). The molecule has 4 nitrogen and oxygen atoms in total. The van der Waals surface area contributed by atoms with E-state index in [0.717, 1.165) is 59.6 Å². The van der Waals surface area contributed by atoms with E-state index >= 15 is 0 Å². The number of aromatic nitrogens is 1. The summed E-state index contributed by atoms with van der Waals surface area (Å²) in [5, 5.41) is 0.937. The van der Waals surface area contributed by atoms with Gasteiger partial charge in [0, 0.05) is 36.4 Å². The fourth-order valence-corrected chi connectivity index (χ4v) is 4.27. The molecule has 1 saturated heterocycles. The van der Waals surface area contributed by atoms with Gasteiger partial charge in [0.1, 0.15) is 0 Å². The number of benzene rings is 1. The van der Waals surface area contributed by atoms with Crippen molar-refractivity contribution in [3.05, 3.63) is 52.9 Å². The molecule has 1 aromatic carbocycles. The molecule has 1 fully saturated rings. The average molecular weight is 366 g/mol. The van der Waals surface area contributed by atoms with Crippen LogP contribution in [0.3, 0.4) is 0 Å². The summed E-state index contributed by atoms with van der Waals surface area (Å²) in [4.78, 5) is 24.8. The van der Waals surface area contributed by atoms with Gasteiger partial charge in [-0.15, -0.1) is 11.3 Å². The molecular formula is C21H23N3OS. The summed E-state index contributed by atoms with van der Waals surface area (Å²) in [5.41, 5.74) is 2.54. The van der Waals surface area contributed by atoms with E-state index in [-0.39, 0.29) is 5.91 Å². The summed E-state index contributed by atoms with van der Waals surface area (Å²) in [6.07, 6.45) is 1.02. The van der Waals surface area contributed by atoms with Crippen molar-refractivity contribution in [1.29, 1.82) is 0 Å². The Balaban J connectivity index is 1.78. The fraction of sp³-hybridized carbons (Fsp3) is 0.333. The van der Waals surface area contributed by atoms with Gasteiger partial charge in [0.25, 0.3) is 5.91 Å². The number of likely N-dealkylation sites (N-methyl/N-ethyl adjacent to an activating group) is 1. The minimum atomic E-state index is 0.116. The van der Waals surface area contributed by atoms with Crippen LogP contribution in [0.25, 0.3) is 21.5 Å². The summed E-state index contributed by atoms with van der Waals surface area (Å²) in [6, 6.07) is 14.2. The van der Waals surface area contributed by atoms with Crippen LogP contribution in [0.15, 0.2) is 42.5 Å². The first-order chi connectivity index (χ1) is 12.7. The number of carbonyl (C=O) groups is 1. The van der Waals surface area contributed by atoms with Gasteiger partial charge in [-0.2, -0.15) is 0 Å². The molecule has 1 amide bonds. The molecule has 1 aliphatic rings. The number of rotatable bonds is 3. The third-order valence-electron chi connectivity index (χ3n) is 5.00. The van der Waals surface area contributed by atoms with Crippen molar-refractivity contribution in [1.82, 2.24) is 14.8 Å². The van der Waals surface area contributed by atoms with Crippen LogP contribution < -0.4 is 0 Å². The zero-order chi connectivity index (χ0) is 18.1. The molecule has 3 aromatic rings. The fourth-order valence-electron chi connectivity index (χ4n) is 3.36. The van der Waals surface area contributed by atoms with Crippen LogP contribution in [0.4, 0.5) is 0 Å². The Kier molecular flexibility index (Phi) is 4.74. The van der Waals surface area contributed by atoms with E-state index in [1.54, 1.807) is 11.3 Å². The van der Waals surface area contributed by atoms with Gasteiger partial charge in [-0.3, -0.25) is 4.79 Å². The number of thiophene rings is 1. The lowest BCUT2D eigenvalue weighted by atomic mass is 10.1. The van der Waals surface area contributed by atoms with Crippen molar-refractivity contribution >= 4 is 28.1 Å². The van der Waals surface area contributed by atoms with Gasteiger partial charge in [-0.05, 0) is 37.7 Å². The standard InChI is InChI=1S/C21H23N3OS/c1-3-15-8-9-20(26-15)19-14-17(16-6-4-5-7-18(16)22-19)21(25)24-12-10-23(2)11-13-24/h4-9,14H,3,10-13H2,1-2H3. The number of amides is 1. The summed E-state index contributed by atoms with van der Waals surface area (Å²) in [6.45, 7) is 5.56. The Morgan fingerprint density at radius 2 is 1.88 bits per heavy atom. The lowest BCUT2D eigenvalue weighted by molar-refractivity contribution is 0.0666. The van der Waals surface area contributed by atoms with Gasteiger partial charge < -0.3 is 9.80 Å². The van der Waals surface area contributed by atoms with Gasteiger partial charge in [0.2, 0.25) is 0 Å². The first kappa shape index (κ1) is 17.2. The number of para-hydroxylation sites is 1. The molecule has 0 radical (unpaired) electrons. The Hall–Kier alpha value is -2.24. The highest BCUT2D eigenvalue weighted by molar-refractivity contribution is 7.15. The SMILES string of the molecule is CCc1ccc(-c2cc(C(=O)N3CCN(C)CC3)c3ccccc3n2)s1. The van der Waals surface area contributed by atoms with Crippen LogP contribution in [-0.4, -0.2) is 53.9 Å². The molecule has 1 aliphatic heterocycles. The van der Waals surface area contributed by atoms with Gasteiger partial charge in [-0.1, -0.05) is 25.1 Å². The molecule has 0 unspecified atom stereocenters. The smallest absolute Gasteiger partial charge is 0.254 e. The monoisotopic (exact) mass is 365 g/mol. The van der Waals surface area contributed by atoms with Crippen LogP contribution >= 0.6 is 11.3 Å². The second-order valence-corrected chi connectivity index (χ2v) is 7.96. The highest BCUT2D eigenvalue weighted by atomic mass is 32.1. The van der Waals surface area contributed by atoms with Gasteiger partial charge in [0.05, 0.1) is 21.7 Å². The van der Waals surface area contributed by atoms with E-state index in [4.69, 9.17) is 4.98 Å². The Bertz CT molecular complexity index is 941. The van der Waals surface area contributed by atoms with Crippen LogP contribution in [0.2, 0.25) is 0 Å². The van der Waals surface area contributed by atoms with Crippen molar-refractivity contribution in [3.63, 3.8) is 0 Å². The zero-order valence-corrected chi connectivity index (χ0v) is 16.1. The van der Waals surface area contributed by atoms with Gasteiger partial charge >= 0.3 is 0 Å². The summed E-state index contributed by atoms with van der Waals surface area (Å²) >= 11 is 1.76. The van der Waals surface area contributed by atoms with Crippen molar-refractivity contribution < 1.29 is 4.79 Å². The van der Waals surface area contributed by atoms with E-state index in [1.807, 2.05) is 35.2 Å². The number of fused-ring (bicyclic) bond motifs is 1. The lowest BCUT2D eigenvalue weighted by Crippen LogP contribution is -2.47. The molecule has 26 heavy (non-hydrogen) atoms. The van der Waals surface area contributed by atoms with Crippen LogP contribution in [0.5, 0.6) is 0 Å². The molecular weight excluding hydrogens is 342 g/mol. The van der Waals surface area contributed by atoms with Gasteiger partial charge in [0.15, 0.2) is 0 Å². The van der Waals surface area contributed by atoms with Crippen LogP contribution in [0, 0.1) is 0 Å². The molecule has 5 heteroatoms. The number of nitrogens with zero attached hydrogens (tertiary/aromatic N) is 3. The molecule has 0 aliphatic carbocycles.